The first kappa shape index (κ1) is 18.6. The van der Waals surface area contributed by atoms with Crippen molar-refractivity contribution < 1.29 is 4.74 Å². The molecule has 0 unspecified atom stereocenters. The first-order valence-electron chi connectivity index (χ1n) is 8.55. The fraction of sp³-hybridized carbons (Fsp3) is 0.450. The van der Waals surface area contributed by atoms with E-state index in [2.05, 4.69) is 24.0 Å². The lowest BCUT2D eigenvalue weighted by Gasteiger charge is -2.14. The fourth-order valence-corrected chi connectivity index (χ4v) is 3.05. The molecular weight excluding hydrogens is 320 g/mol. The van der Waals surface area contributed by atoms with Gasteiger partial charge in [0.2, 0.25) is 0 Å². The van der Waals surface area contributed by atoms with Crippen molar-refractivity contribution >= 4 is 17.4 Å². The molecule has 24 heavy (non-hydrogen) atoms. The molecule has 0 saturated heterocycles. The molecule has 2 N–H and O–H groups in total. The third-order valence-electron chi connectivity index (χ3n) is 4.37. The quantitative estimate of drug-likeness (QED) is 0.538. The predicted molar refractivity (Wildman–Crippen MR) is 102 cm³/mol. The van der Waals surface area contributed by atoms with Crippen LogP contribution in [0, 0.1) is 6.92 Å². The average Bonchev–Trinajstić information content (AvgIpc) is 2.59. The first-order valence-corrected chi connectivity index (χ1v) is 9.09. The van der Waals surface area contributed by atoms with Crippen molar-refractivity contribution in [3.05, 3.63) is 52.2 Å². The normalized spacial score (nSPS) is 10.8. The first-order chi connectivity index (χ1) is 11.6. The van der Waals surface area contributed by atoms with Gasteiger partial charge in [-0.1, -0.05) is 38.0 Å². The van der Waals surface area contributed by atoms with Crippen molar-refractivity contribution in [3.8, 4) is 5.75 Å². The average molecular weight is 347 g/mol. The summed E-state index contributed by atoms with van der Waals surface area (Å²) in [6.07, 6.45) is 5.35. The number of nitrogens with zero attached hydrogens (tertiary/aromatic N) is 1. The second kappa shape index (κ2) is 8.93. The Kier molecular flexibility index (Phi) is 6.92. The molecule has 0 fully saturated rings. The lowest BCUT2D eigenvalue weighted by atomic mass is 9.98. The molecule has 0 atom stereocenters. The summed E-state index contributed by atoms with van der Waals surface area (Å²) in [6, 6.07) is 8.35. The minimum absolute atomic E-state index is 0.487. The molecule has 3 nitrogen and oxygen atoms in total. The van der Waals surface area contributed by atoms with Crippen LogP contribution in [0.1, 0.15) is 54.1 Å². The number of pyridine rings is 1. The summed E-state index contributed by atoms with van der Waals surface area (Å²) in [5.41, 5.74) is 11.6. The summed E-state index contributed by atoms with van der Waals surface area (Å²) >= 11 is 5.91. The molecule has 4 heteroatoms. The van der Waals surface area contributed by atoms with Crippen LogP contribution in [0.3, 0.4) is 0 Å². The summed E-state index contributed by atoms with van der Waals surface area (Å²) < 4.78 is 5.53. The third kappa shape index (κ3) is 4.64. The van der Waals surface area contributed by atoms with Crippen LogP contribution in [-0.4, -0.2) is 12.1 Å². The van der Waals surface area contributed by atoms with Gasteiger partial charge in [0.1, 0.15) is 11.6 Å². The molecule has 2 rings (SSSR count). The highest BCUT2D eigenvalue weighted by molar-refractivity contribution is 6.17. The number of unbranched alkanes of at least 4 members (excludes halogenated alkanes) is 2. The Balaban J connectivity index is 2.27. The van der Waals surface area contributed by atoms with Crippen molar-refractivity contribution in [1.82, 2.24) is 4.98 Å². The number of nitrogens with two attached hydrogens (primary N) is 1. The number of anilines is 1. The molecule has 0 aliphatic heterocycles. The second-order valence-corrected chi connectivity index (χ2v) is 6.46. The van der Waals surface area contributed by atoms with E-state index in [-0.39, 0.29) is 0 Å². The number of hydrogen-bond donors (Lipinski definition) is 1. The Labute approximate surface area is 150 Å². The Morgan fingerprint density at radius 2 is 1.92 bits per heavy atom. The zero-order valence-electron chi connectivity index (χ0n) is 14.9. The summed E-state index contributed by atoms with van der Waals surface area (Å²) in [5.74, 6) is 2.02. The zero-order chi connectivity index (χ0) is 17.5. The smallest absolute Gasteiger partial charge is 0.126 e. The Morgan fingerprint density at radius 1 is 1.12 bits per heavy atom. The molecule has 0 bridgehead atoms. The van der Waals surface area contributed by atoms with Crippen LogP contribution in [0.5, 0.6) is 5.75 Å². The molecule has 1 heterocycles. The van der Waals surface area contributed by atoms with Gasteiger partial charge in [-0.15, -0.1) is 11.6 Å². The SMILES string of the molecule is CCCCCc1cc(Cc2ccc(CCl)cc2OC)c(C)nc1N. The van der Waals surface area contributed by atoms with Crippen LogP contribution in [0.2, 0.25) is 0 Å². The van der Waals surface area contributed by atoms with E-state index in [4.69, 9.17) is 22.1 Å². The minimum Gasteiger partial charge on any atom is -0.496 e. The summed E-state index contributed by atoms with van der Waals surface area (Å²) in [6.45, 7) is 4.22. The van der Waals surface area contributed by atoms with Crippen LogP contribution >= 0.6 is 11.6 Å². The van der Waals surface area contributed by atoms with Gasteiger partial charge in [-0.25, -0.2) is 4.98 Å². The zero-order valence-corrected chi connectivity index (χ0v) is 15.6. The highest BCUT2D eigenvalue weighted by atomic mass is 35.5. The molecule has 1 aromatic heterocycles. The van der Waals surface area contributed by atoms with Crippen molar-refractivity contribution in [2.75, 3.05) is 12.8 Å². The summed E-state index contributed by atoms with van der Waals surface area (Å²) in [7, 11) is 1.70. The van der Waals surface area contributed by atoms with E-state index >= 15 is 0 Å². The van der Waals surface area contributed by atoms with E-state index in [9.17, 15) is 0 Å². The van der Waals surface area contributed by atoms with E-state index in [0.29, 0.717) is 11.7 Å². The predicted octanol–water partition coefficient (Wildman–Crippen LogP) is 5.04. The van der Waals surface area contributed by atoms with E-state index in [0.717, 1.165) is 47.4 Å². The summed E-state index contributed by atoms with van der Waals surface area (Å²) in [4.78, 5) is 4.55. The minimum atomic E-state index is 0.487. The number of halogens is 1. The molecule has 2 aromatic rings. The molecule has 0 aliphatic rings. The van der Waals surface area contributed by atoms with Gasteiger partial charge < -0.3 is 10.5 Å². The number of hydrogen-bond acceptors (Lipinski definition) is 3. The van der Waals surface area contributed by atoms with Crippen LogP contribution < -0.4 is 10.5 Å². The number of nitrogen functional groups attached to an aromatic ring is 1. The van der Waals surface area contributed by atoms with E-state index < -0.39 is 0 Å². The Hall–Kier alpha value is -1.74. The van der Waals surface area contributed by atoms with Crippen molar-refractivity contribution in [2.24, 2.45) is 0 Å². The van der Waals surface area contributed by atoms with E-state index in [1.807, 2.05) is 19.1 Å². The van der Waals surface area contributed by atoms with Crippen molar-refractivity contribution in [1.29, 1.82) is 0 Å². The molecule has 0 radical (unpaired) electrons. The van der Waals surface area contributed by atoms with Gasteiger partial charge in [-0.2, -0.15) is 0 Å². The monoisotopic (exact) mass is 346 g/mol. The molecule has 130 valence electrons. The van der Waals surface area contributed by atoms with Gasteiger partial charge >= 0.3 is 0 Å². The van der Waals surface area contributed by atoms with Gasteiger partial charge in [-0.3, -0.25) is 0 Å². The van der Waals surface area contributed by atoms with Gasteiger partial charge in [0.25, 0.3) is 0 Å². The van der Waals surface area contributed by atoms with Crippen molar-refractivity contribution in [2.45, 2.75) is 51.8 Å². The number of alkyl halides is 1. The number of ether oxygens (including phenoxy) is 1. The van der Waals surface area contributed by atoms with E-state index in [1.54, 1.807) is 7.11 Å². The standard InChI is InChI=1S/C20H27ClN2O/c1-4-5-6-7-17-12-18(14(2)23-20(17)22)11-16-9-8-15(13-21)10-19(16)24-3/h8-10,12H,4-7,11,13H2,1-3H3,(H2,22,23). The van der Waals surface area contributed by atoms with Crippen molar-refractivity contribution in [3.63, 3.8) is 0 Å². The number of methoxy groups -OCH3 is 1. The van der Waals surface area contributed by atoms with Crippen LogP contribution in [0.4, 0.5) is 5.82 Å². The largest absolute Gasteiger partial charge is 0.496 e. The molecule has 1 aromatic carbocycles. The Bertz CT molecular complexity index is 686. The molecule has 0 saturated carbocycles. The van der Waals surface area contributed by atoms with Crippen LogP contribution in [0.15, 0.2) is 24.3 Å². The lowest BCUT2D eigenvalue weighted by Crippen LogP contribution is -2.05. The molecule has 0 spiro atoms. The van der Waals surface area contributed by atoms with E-state index in [1.165, 1.54) is 18.4 Å². The van der Waals surface area contributed by atoms with Gasteiger partial charge in [0.05, 0.1) is 7.11 Å². The molecular formula is C20H27ClN2O. The third-order valence-corrected chi connectivity index (χ3v) is 4.68. The van der Waals surface area contributed by atoms with Crippen LogP contribution in [-0.2, 0) is 18.7 Å². The number of benzene rings is 1. The lowest BCUT2D eigenvalue weighted by molar-refractivity contribution is 0.410. The maximum absolute atomic E-state index is 6.11. The highest BCUT2D eigenvalue weighted by Crippen LogP contribution is 2.26. The topological polar surface area (TPSA) is 48.1 Å². The van der Waals surface area contributed by atoms with Gasteiger partial charge in [0, 0.05) is 18.0 Å². The van der Waals surface area contributed by atoms with Gasteiger partial charge in [-0.05, 0) is 48.1 Å². The van der Waals surface area contributed by atoms with Gasteiger partial charge in [0.15, 0.2) is 0 Å². The molecule has 0 aliphatic carbocycles. The fourth-order valence-electron chi connectivity index (χ4n) is 2.88. The number of aryl methyl sites for hydroxylation is 2. The number of rotatable bonds is 8. The maximum atomic E-state index is 6.11. The highest BCUT2D eigenvalue weighted by Gasteiger charge is 2.11. The summed E-state index contributed by atoms with van der Waals surface area (Å²) in [5, 5.41) is 0. The van der Waals surface area contributed by atoms with Crippen LogP contribution in [0.25, 0.3) is 0 Å². The number of aromatic nitrogens is 1. The maximum Gasteiger partial charge on any atom is 0.126 e. The molecule has 0 amide bonds. The second-order valence-electron chi connectivity index (χ2n) is 6.19. The Morgan fingerprint density at radius 3 is 2.58 bits per heavy atom.